The Morgan fingerprint density at radius 1 is 1.40 bits per heavy atom. The number of aliphatic hydroxyl groups is 2. The zero-order valence-electron chi connectivity index (χ0n) is 11.5. The average molecular weight is 281 g/mol. The first-order valence-electron chi connectivity index (χ1n) is 6.84. The normalized spacial score (nSPS) is 25.2. The Hall–Kier alpha value is -1.46. The van der Waals surface area contributed by atoms with Gasteiger partial charge < -0.3 is 15.5 Å². The molecule has 2 rings (SSSR count). The molecule has 20 heavy (non-hydrogen) atoms. The lowest BCUT2D eigenvalue weighted by molar-refractivity contribution is -0.128. The number of aliphatic hydroxyl groups excluding tert-OH is 1. The quantitative estimate of drug-likeness (QED) is 0.779. The van der Waals surface area contributed by atoms with Gasteiger partial charge in [0.15, 0.2) is 0 Å². The minimum Gasteiger partial charge on any atom is -0.392 e. The maximum absolute atomic E-state index is 12.9. The summed E-state index contributed by atoms with van der Waals surface area (Å²) < 4.78 is 12.9. The largest absolute Gasteiger partial charge is 0.392 e. The summed E-state index contributed by atoms with van der Waals surface area (Å²) in [6, 6.07) is 5.52. The van der Waals surface area contributed by atoms with Crippen LogP contribution in [0.25, 0.3) is 0 Å². The molecule has 0 aromatic heterocycles. The highest BCUT2D eigenvalue weighted by Crippen LogP contribution is 2.26. The first-order valence-corrected chi connectivity index (χ1v) is 6.84. The number of carbonyl (C=O) groups excluding carboxylic acids is 1. The maximum atomic E-state index is 12.9. The van der Waals surface area contributed by atoms with Crippen molar-refractivity contribution in [2.24, 2.45) is 5.92 Å². The lowest BCUT2D eigenvalue weighted by Crippen LogP contribution is -2.42. The molecule has 0 saturated heterocycles. The van der Waals surface area contributed by atoms with Gasteiger partial charge in [0.2, 0.25) is 5.91 Å². The van der Waals surface area contributed by atoms with Crippen LogP contribution >= 0.6 is 0 Å². The van der Waals surface area contributed by atoms with E-state index in [9.17, 15) is 19.4 Å². The fourth-order valence-electron chi connectivity index (χ4n) is 2.55. The topological polar surface area (TPSA) is 69.6 Å². The molecule has 1 fully saturated rings. The molecule has 3 N–H and O–H groups in total. The fraction of sp³-hybridized carbons (Fsp3) is 0.533. The predicted octanol–water partition coefficient (Wildman–Crippen LogP) is 1.31. The van der Waals surface area contributed by atoms with Crippen molar-refractivity contribution < 1.29 is 19.4 Å². The van der Waals surface area contributed by atoms with E-state index in [1.165, 1.54) is 24.3 Å². The Bertz CT molecular complexity index is 473. The van der Waals surface area contributed by atoms with Crippen LogP contribution in [-0.2, 0) is 10.4 Å². The number of hydrogen-bond acceptors (Lipinski definition) is 3. The summed E-state index contributed by atoms with van der Waals surface area (Å²) >= 11 is 0. The highest BCUT2D eigenvalue weighted by atomic mass is 19.1. The van der Waals surface area contributed by atoms with E-state index in [1.807, 2.05) is 0 Å². The second-order valence-electron chi connectivity index (χ2n) is 5.60. The first kappa shape index (κ1) is 14.9. The number of amides is 1. The van der Waals surface area contributed by atoms with E-state index in [2.05, 4.69) is 5.32 Å². The Kier molecular flexibility index (Phi) is 4.40. The molecule has 0 spiro atoms. The van der Waals surface area contributed by atoms with Gasteiger partial charge in [0.05, 0.1) is 18.6 Å². The Labute approximate surface area is 117 Å². The second kappa shape index (κ2) is 5.89. The van der Waals surface area contributed by atoms with Gasteiger partial charge in [0, 0.05) is 0 Å². The molecule has 0 aliphatic heterocycles. The smallest absolute Gasteiger partial charge is 0.225 e. The van der Waals surface area contributed by atoms with Gasteiger partial charge in [-0.3, -0.25) is 4.79 Å². The van der Waals surface area contributed by atoms with E-state index >= 15 is 0 Å². The Morgan fingerprint density at radius 2 is 2.05 bits per heavy atom. The van der Waals surface area contributed by atoms with Crippen molar-refractivity contribution in [2.45, 2.75) is 37.9 Å². The van der Waals surface area contributed by atoms with Gasteiger partial charge in [-0.2, -0.15) is 0 Å². The number of halogens is 1. The molecule has 3 atom stereocenters. The molecule has 0 heterocycles. The van der Waals surface area contributed by atoms with E-state index in [1.54, 1.807) is 6.92 Å². The molecule has 0 radical (unpaired) electrons. The zero-order valence-corrected chi connectivity index (χ0v) is 11.5. The number of benzene rings is 1. The van der Waals surface area contributed by atoms with Crippen molar-refractivity contribution in [3.05, 3.63) is 35.6 Å². The number of nitrogens with one attached hydrogen (secondary N) is 1. The van der Waals surface area contributed by atoms with Crippen LogP contribution in [-0.4, -0.2) is 28.8 Å². The molecular formula is C15H20FNO3. The Morgan fingerprint density at radius 3 is 2.60 bits per heavy atom. The summed E-state index contributed by atoms with van der Waals surface area (Å²) in [6.45, 7) is 1.59. The molecule has 5 heteroatoms. The van der Waals surface area contributed by atoms with Gasteiger partial charge in [-0.1, -0.05) is 12.1 Å². The van der Waals surface area contributed by atoms with E-state index in [4.69, 9.17) is 0 Å². The van der Waals surface area contributed by atoms with Crippen LogP contribution in [0.3, 0.4) is 0 Å². The summed E-state index contributed by atoms with van der Waals surface area (Å²) in [7, 11) is 0. The number of carbonyl (C=O) groups is 1. The predicted molar refractivity (Wildman–Crippen MR) is 72.3 cm³/mol. The van der Waals surface area contributed by atoms with Gasteiger partial charge in [0.1, 0.15) is 11.4 Å². The molecule has 3 unspecified atom stereocenters. The lowest BCUT2D eigenvalue weighted by Gasteiger charge is -2.25. The molecule has 1 aromatic carbocycles. The highest BCUT2D eigenvalue weighted by molar-refractivity contribution is 5.79. The number of rotatable bonds is 4. The summed E-state index contributed by atoms with van der Waals surface area (Å²) in [5.41, 5.74) is -0.737. The lowest BCUT2D eigenvalue weighted by atomic mass is 9.95. The molecule has 1 aliphatic carbocycles. The van der Waals surface area contributed by atoms with Gasteiger partial charge in [-0.05, 0) is 43.9 Å². The van der Waals surface area contributed by atoms with Crippen LogP contribution in [0.4, 0.5) is 4.39 Å². The molecule has 1 aromatic rings. The number of hydrogen-bond donors (Lipinski definition) is 3. The van der Waals surface area contributed by atoms with Gasteiger partial charge in [-0.25, -0.2) is 4.39 Å². The maximum Gasteiger partial charge on any atom is 0.225 e. The van der Waals surface area contributed by atoms with Crippen molar-refractivity contribution in [1.82, 2.24) is 5.32 Å². The third kappa shape index (κ3) is 3.35. The summed E-state index contributed by atoms with van der Waals surface area (Å²) in [4.78, 5) is 11.9. The highest BCUT2D eigenvalue weighted by Gasteiger charge is 2.33. The first-order chi connectivity index (χ1) is 9.40. The monoisotopic (exact) mass is 281 g/mol. The van der Waals surface area contributed by atoms with Crippen molar-refractivity contribution in [1.29, 1.82) is 0 Å². The molecule has 1 saturated carbocycles. The molecule has 0 bridgehead atoms. The van der Waals surface area contributed by atoms with Crippen molar-refractivity contribution in [3.8, 4) is 0 Å². The standard InChI is InChI=1S/C15H20FNO3/c1-15(20,10-5-7-11(16)8-6-10)9-17-14(19)12-3-2-4-13(12)18/h5-8,12-13,18,20H,2-4,9H2,1H3,(H,17,19). The third-order valence-corrected chi connectivity index (χ3v) is 3.89. The minimum absolute atomic E-state index is 0.0285. The van der Waals surface area contributed by atoms with Gasteiger partial charge >= 0.3 is 0 Å². The summed E-state index contributed by atoms with van der Waals surface area (Å²) in [5, 5.41) is 22.7. The molecule has 110 valence electrons. The zero-order chi connectivity index (χ0) is 14.8. The van der Waals surface area contributed by atoms with E-state index in [0.29, 0.717) is 18.4 Å². The average Bonchev–Trinajstić information content (AvgIpc) is 2.83. The SMILES string of the molecule is CC(O)(CNC(=O)C1CCCC1O)c1ccc(F)cc1. The van der Waals surface area contributed by atoms with Crippen LogP contribution in [0, 0.1) is 11.7 Å². The third-order valence-electron chi connectivity index (χ3n) is 3.89. The minimum atomic E-state index is -1.27. The van der Waals surface area contributed by atoms with E-state index in [0.717, 1.165) is 6.42 Å². The molecule has 1 aliphatic rings. The fourth-order valence-corrected chi connectivity index (χ4v) is 2.55. The van der Waals surface area contributed by atoms with E-state index in [-0.39, 0.29) is 24.2 Å². The summed E-state index contributed by atoms with van der Waals surface area (Å²) in [6.07, 6.45) is 1.57. The molecular weight excluding hydrogens is 261 g/mol. The van der Waals surface area contributed by atoms with Crippen molar-refractivity contribution in [2.75, 3.05) is 6.54 Å². The van der Waals surface area contributed by atoms with Crippen LogP contribution < -0.4 is 5.32 Å². The summed E-state index contributed by atoms with van der Waals surface area (Å²) in [5.74, 6) is -1.00. The Balaban J connectivity index is 1.95. The van der Waals surface area contributed by atoms with Gasteiger partial charge in [-0.15, -0.1) is 0 Å². The van der Waals surface area contributed by atoms with Crippen LogP contribution in [0.2, 0.25) is 0 Å². The van der Waals surface area contributed by atoms with Crippen molar-refractivity contribution in [3.63, 3.8) is 0 Å². The van der Waals surface area contributed by atoms with Crippen LogP contribution in [0.1, 0.15) is 31.7 Å². The van der Waals surface area contributed by atoms with Crippen LogP contribution in [0.15, 0.2) is 24.3 Å². The van der Waals surface area contributed by atoms with E-state index < -0.39 is 11.7 Å². The van der Waals surface area contributed by atoms with Gasteiger partial charge in [0.25, 0.3) is 0 Å². The van der Waals surface area contributed by atoms with Crippen LogP contribution in [0.5, 0.6) is 0 Å². The molecule has 4 nitrogen and oxygen atoms in total. The van der Waals surface area contributed by atoms with Crippen molar-refractivity contribution >= 4 is 5.91 Å². The molecule has 1 amide bonds. The second-order valence-corrected chi connectivity index (χ2v) is 5.60.